The molecular weight excluding hydrogens is 266 g/mol. The first kappa shape index (κ1) is 12.1. The molecule has 1 fully saturated rings. The second-order valence-electron chi connectivity index (χ2n) is 4.66. The summed E-state index contributed by atoms with van der Waals surface area (Å²) in [4.78, 5) is 0. The molecule has 0 N–H and O–H groups in total. The Balaban J connectivity index is 1.86. The SMILES string of the molecule is O=S(=O)(c1cccs1)N1CCC2CC=CC=C2C1. The van der Waals surface area contributed by atoms with Crippen LogP contribution in [0.2, 0.25) is 0 Å². The first-order valence-electron chi connectivity index (χ1n) is 6.07. The molecule has 1 saturated heterocycles. The topological polar surface area (TPSA) is 37.4 Å². The summed E-state index contributed by atoms with van der Waals surface area (Å²) in [6.07, 6.45) is 8.26. The van der Waals surface area contributed by atoms with Crippen LogP contribution in [0.25, 0.3) is 0 Å². The molecule has 2 aliphatic rings. The number of hydrogen-bond donors (Lipinski definition) is 0. The molecule has 3 nitrogen and oxygen atoms in total. The number of rotatable bonds is 2. The number of sulfonamides is 1. The van der Waals surface area contributed by atoms with E-state index in [9.17, 15) is 8.42 Å². The summed E-state index contributed by atoms with van der Waals surface area (Å²) in [5.41, 5.74) is 1.25. The van der Waals surface area contributed by atoms with Crippen LogP contribution in [0.15, 0.2) is 45.5 Å². The molecule has 1 unspecified atom stereocenters. The maximum absolute atomic E-state index is 12.4. The summed E-state index contributed by atoms with van der Waals surface area (Å²) >= 11 is 1.29. The van der Waals surface area contributed by atoms with E-state index in [2.05, 4.69) is 12.2 Å². The fourth-order valence-corrected chi connectivity index (χ4v) is 5.12. The van der Waals surface area contributed by atoms with Gasteiger partial charge in [0.15, 0.2) is 0 Å². The molecule has 18 heavy (non-hydrogen) atoms. The Labute approximate surface area is 111 Å². The predicted octanol–water partition coefficient (Wildman–Crippen LogP) is 2.65. The van der Waals surface area contributed by atoms with Crippen molar-refractivity contribution in [3.8, 4) is 0 Å². The lowest BCUT2D eigenvalue weighted by Gasteiger charge is -2.33. The summed E-state index contributed by atoms with van der Waals surface area (Å²) in [6.45, 7) is 1.19. The van der Waals surface area contributed by atoms with Crippen LogP contribution in [0.4, 0.5) is 0 Å². The van der Waals surface area contributed by atoms with Gasteiger partial charge in [0, 0.05) is 13.1 Å². The van der Waals surface area contributed by atoms with Gasteiger partial charge in [0.2, 0.25) is 0 Å². The van der Waals surface area contributed by atoms with Gasteiger partial charge < -0.3 is 0 Å². The Bertz CT molecular complexity index is 585. The molecule has 1 aromatic heterocycles. The van der Waals surface area contributed by atoms with Gasteiger partial charge in [-0.05, 0) is 30.2 Å². The highest BCUT2D eigenvalue weighted by atomic mass is 32.2. The lowest BCUT2D eigenvalue weighted by Crippen LogP contribution is -2.39. The zero-order chi connectivity index (χ0) is 12.6. The first-order chi connectivity index (χ1) is 8.68. The molecule has 1 aliphatic heterocycles. The molecule has 0 spiro atoms. The van der Waals surface area contributed by atoms with E-state index in [0.29, 0.717) is 23.2 Å². The van der Waals surface area contributed by atoms with E-state index >= 15 is 0 Å². The van der Waals surface area contributed by atoms with Gasteiger partial charge in [-0.1, -0.05) is 29.9 Å². The standard InChI is InChI=1S/C13H15NO2S2/c15-18(16,13-6-3-9-17-13)14-8-7-11-4-1-2-5-12(11)10-14/h1-3,5-6,9,11H,4,7-8,10H2. The summed E-state index contributed by atoms with van der Waals surface area (Å²) in [5.74, 6) is 0.546. The van der Waals surface area contributed by atoms with Crippen LogP contribution >= 0.6 is 11.3 Å². The van der Waals surface area contributed by atoms with Crippen LogP contribution < -0.4 is 0 Å². The maximum Gasteiger partial charge on any atom is 0.252 e. The minimum atomic E-state index is -3.28. The van der Waals surface area contributed by atoms with Crippen LogP contribution in [0, 0.1) is 5.92 Å². The normalized spacial score (nSPS) is 24.7. The Morgan fingerprint density at radius 2 is 2.28 bits per heavy atom. The minimum absolute atomic E-state index is 0.452. The Kier molecular flexibility index (Phi) is 3.13. The third-order valence-corrected chi connectivity index (χ3v) is 6.78. The second kappa shape index (κ2) is 4.64. The molecular formula is C13H15NO2S2. The number of thiophene rings is 1. The van der Waals surface area contributed by atoms with E-state index < -0.39 is 10.0 Å². The highest BCUT2D eigenvalue weighted by molar-refractivity contribution is 7.91. The van der Waals surface area contributed by atoms with Gasteiger partial charge in [-0.2, -0.15) is 4.31 Å². The fraction of sp³-hybridized carbons (Fsp3) is 0.385. The average molecular weight is 281 g/mol. The van der Waals surface area contributed by atoms with Crippen LogP contribution in [-0.2, 0) is 10.0 Å². The quantitative estimate of drug-likeness (QED) is 0.835. The highest BCUT2D eigenvalue weighted by Crippen LogP contribution is 2.32. The number of nitrogens with zero attached hydrogens (tertiary/aromatic N) is 1. The Morgan fingerprint density at radius 1 is 1.39 bits per heavy atom. The molecule has 5 heteroatoms. The van der Waals surface area contributed by atoms with Gasteiger partial charge in [-0.3, -0.25) is 0 Å². The molecule has 0 aromatic carbocycles. The molecule has 2 heterocycles. The zero-order valence-corrected chi connectivity index (χ0v) is 11.6. The minimum Gasteiger partial charge on any atom is -0.206 e. The van der Waals surface area contributed by atoms with Crippen molar-refractivity contribution >= 4 is 21.4 Å². The molecule has 0 amide bonds. The van der Waals surface area contributed by atoms with Crippen molar-refractivity contribution in [2.24, 2.45) is 5.92 Å². The van der Waals surface area contributed by atoms with Crippen molar-refractivity contribution in [1.29, 1.82) is 0 Å². The van der Waals surface area contributed by atoms with Gasteiger partial charge >= 0.3 is 0 Å². The van der Waals surface area contributed by atoms with E-state index in [1.54, 1.807) is 16.4 Å². The smallest absolute Gasteiger partial charge is 0.206 e. The van der Waals surface area contributed by atoms with E-state index in [-0.39, 0.29) is 0 Å². The van der Waals surface area contributed by atoms with Crippen molar-refractivity contribution in [2.45, 2.75) is 17.1 Å². The molecule has 3 rings (SSSR count). The van der Waals surface area contributed by atoms with E-state index in [0.717, 1.165) is 12.8 Å². The third-order valence-electron chi connectivity index (χ3n) is 3.57. The van der Waals surface area contributed by atoms with Crippen molar-refractivity contribution in [3.63, 3.8) is 0 Å². The molecule has 0 saturated carbocycles. The van der Waals surface area contributed by atoms with Gasteiger partial charge in [0.1, 0.15) is 4.21 Å². The van der Waals surface area contributed by atoms with Crippen LogP contribution in [-0.4, -0.2) is 25.8 Å². The molecule has 96 valence electrons. The van der Waals surface area contributed by atoms with Crippen molar-refractivity contribution in [2.75, 3.05) is 13.1 Å². The third kappa shape index (κ3) is 2.06. The number of piperidine rings is 1. The summed E-state index contributed by atoms with van der Waals surface area (Å²) < 4.78 is 26.9. The number of fused-ring (bicyclic) bond motifs is 1. The lowest BCUT2D eigenvalue weighted by molar-refractivity contribution is 0.340. The second-order valence-corrected chi connectivity index (χ2v) is 7.77. The number of hydrogen-bond acceptors (Lipinski definition) is 3. The Morgan fingerprint density at radius 3 is 3.06 bits per heavy atom. The Hall–Kier alpha value is -0.910. The molecule has 0 radical (unpaired) electrons. The predicted molar refractivity (Wildman–Crippen MR) is 73.0 cm³/mol. The average Bonchev–Trinajstić information content (AvgIpc) is 2.92. The maximum atomic E-state index is 12.4. The molecule has 1 atom stereocenters. The van der Waals surface area contributed by atoms with E-state index in [1.165, 1.54) is 16.9 Å². The highest BCUT2D eigenvalue weighted by Gasteiger charge is 2.32. The molecule has 0 bridgehead atoms. The summed E-state index contributed by atoms with van der Waals surface area (Å²) in [5, 5.41) is 1.81. The summed E-state index contributed by atoms with van der Waals surface area (Å²) in [7, 11) is -3.28. The van der Waals surface area contributed by atoms with Gasteiger partial charge in [0.25, 0.3) is 10.0 Å². The van der Waals surface area contributed by atoms with E-state index in [4.69, 9.17) is 0 Å². The largest absolute Gasteiger partial charge is 0.252 e. The van der Waals surface area contributed by atoms with Crippen LogP contribution in [0.5, 0.6) is 0 Å². The first-order valence-corrected chi connectivity index (χ1v) is 8.39. The zero-order valence-electron chi connectivity index (χ0n) is 9.95. The number of allylic oxidation sites excluding steroid dienone is 3. The van der Waals surface area contributed by atoms with Gasteiger partial charge in [-0.25, -0.2) is 8.42 Å². The van der Waals surface area contributed by atoms with E-state index in [1.807, 2.05) is 11.5 Å². The van der Waals surface area contributed by atoms with Crippen molar-refractivity contribution < 1.29 is 8.42 Å². The van der Waals surface area contributed by atoms with Crippen LogP contribution in [0.3, 0.4) is 0 Å². The lowest BCUT2D eigenvalue weighted by atomic mass is 9.86. The van der Waals surface area contributed by atoms with Gasteiger partial charge in [0.05, 0.1) is 0 Å². The fourth-order valence-electron chi connectivity index (χ4n) is 2.53. The molecule has 1 aromatic rings. The van der Waals surface area contributed by atoms with Crippen LogP contribution in [0.1, 0.15) is 12.8 Å². The van der Waals surface area contributed by atoms with Gasteiger partial charge in [-0.15, -0.1) is 11.3 Å². The summed E-state index contributed by atoms with van der Waals surface area (Å²) in [6, 6.07) is 3.47. The van der Waals surface area contributed by atoms with Crippen molar-refractivity contribution in [3.05, 3.63) is 41.3 Å². The van der Waals surface area contributed by atoms with Crippen molar-refractivity contribution in [1.82, 2.24) is 4.31 Å². The molecule has 1 aliphatic carbocycles. The monoisotopic (exact) mass is 281 g/mol.